The Morgan fingerprint density at radius 2 is 1.84 bits per heavy atom. The smallest absolute Gasteiger partial charge is 0.334 e. The van der Waals surface area contributed by atoms with E-state index in [1.54, 1.807) is 12.2 Å². The third-order valence-corrected chi connectivity index (χ3v) is 9.77. The molecule has 198 valence electrons. The van der Waals surface area contributed by atoms with Gasteiger partial charge in [0.05, 0.1) is 5.60 Å². The van der Waals surface area contributed by atoms with Gasteiger partial charge in [-0.1, -0.05) is 32.6 Å². The van der Waals surface area contributed by atoms with Gasteiger partial charge < -0.3 is 14.6 Å². The van der Waals surface area contributed by atoms with E-state index < -0.39 is 23.0 Å². The maximum atomic E-state index is 13.8. The maximum absolute atomic E-state index is 13.8. The van der Waals surface area contributed by atoms with Crippen molar-refractivity contribution in [2.75, 3.05) is 0 Å². The molecule has 0 aromatic heterocycles. The lowest BCUT2D eigenvalue weighted by molar-refractivity contribution is -0.151. The second-order valence-electron chi connectivity index (χ2n) is 11.9. The summed E-state index contributed by atoms with van der Waals surface area (Å²) in [6.07, 6.45) is 8.64. The fourth-order valence-electron chi connectivity index (χ4n) is 7.69. The molecule has 0 aromatic carbocycles. The number of Topliss-reactive ketones (excluding diaryl/α,β-unsaturated/α-hetero) is 1. The van der Waals surface area contributed by atoms with Crippen molar-refractivity contribution in [2.24, 2.45) is 35.0 Å². The minimum absolute atomic E-state index is 0.0365. The molecule has 0 unspecified atom stereocenters. The van der Waals surface area contributed by atoms with Crippen LogP contribution in [-0.4, -0.2) is 46.4 Å². The summed E-state index contributed by atoms with van der Waals surface area (Å²) in [6.45, 7) is 10.9. The second kappa shape index (κ2) is 8.90. The molecule has 0 aromatic rings. The zero-order valence-corrected chi connectivity index (χ0v) is 22.0. The van der Waals surface area contributed by atoms with Gasteiger partial charge in [-0.15, -0.1) is 0 Å². The predicted molar refractivity (Wildman–Crippen MR) is 135 cm³/mol. The molecule has 1 N–H and O–H groups in total. The van der Waals surface area contributed by atoms with Crippen LogP contribution in [-0.2, 0) is 28.7 Å². The van der Waals surface area contributed by atoms with Gasteiger partial charge in [-0.2, -0.15) is 0 Å². The zero-order valence-electron chi connectivity index (χ0n) is 22.0. The van der Waals surface area contributed by atoms with Crippen LogP contribution < -0.4 is 0 Å². The van der Waals surface area contributed by atoms with Crippen molar-refractivity contribution in [3.63, 3.8) is 0 Å². The van der Waals surface area contributed by atoms with E-state index in [1.807, 2.05) is 13.0 Å². The van der Waals surface area contributed by atoms with E-state index in [9.17, 15) is 24.3 Å². The van der Waals surface area contributed by atoms with E-state index in [2.05, 4.69) is 19.6 Å². The summed E-state index contributed by atoms with van der Waals surface area (Å²) >= 11 is 0. The van der Waals surface area contributed by atoms with Gasteiger partial charge in [-0.25, -0.2) is 4.79 Å². The second-order valence-corrected chi connectivity index (χ2v) is 11.9. The van der Waals surface area contributed by atoms with Crippen LogP contribution in [0.2, 0.25) is 0 Å². The average Bonchev–Trinajstić information content (AvgIpc) is 3.09. The lowest BCUT2D eigenvalue weighted by Gasteiger charge is -2.48. The van der Waals surface area contributed by atoms with Gasteiger partial charge in [-0.05, 0) is 81.4 Å². The normalized spacial score (nSPS) is 43.2. The first-order valence-electron chi connectivity index (χ1n) is 13.3. The molecule has 2 heterocycles. The predicted octanol–water partition coefficient (Wildman–Crippen LogP) is 3.81. The minimum Gasteiger partial charge on any atom is -0.461 e. The molecule has 5 rings (SSSR count). The van der Waals surface area contributed by atoms with E-state index in [4.69, 9.17) is 9.47 Å². The van der Waals surface area contributed by atoms with Crippen molar-refractivity contribution < 1.29 is 33.8 Å². The van der Waals surface area contributed by atoms with Crippen molar-refractivity contribution in [3.05, 3.63) is 47.6 Å². The van der Waals surface area contributed by atoms with Gasteiger partial charge in [0.1, 0.15) is 17.6 Å². The number of rotatable bonds is 3. The monoisotopic (exact) mass is 508 g/mol. The van der Waals surface area contributed by atoms with Gasteiger partial charge in [-0.3, -0.25) is 14.4 Å². The van der Waals surface area contributed by atoms with Gasteiger partial charge in [0.2, 0.25) is 0 Å². The third kappa shape index (κ3) is 3.89. The summed E-state index contributed by atoms with van der Waals surface area (Å²) in [5.41, 5.74) is -0.724. The fourth-order valence-corrected chi connectivity index (χ4v) is 7.69. The highest BCUT2D eigenvalue weighted by molar-refractivity contribution is 6.03. The lowest BCUT2D eigenvalue weighted by Crippen LogP contribution is -2.53. The molecule has 3 aliphatic carbocycles. The molecule has 1 spiro atoms. The molecule has 2 saturated heterocycles. The van der Waals surface area contributed by atoms with Gasteiger partial charge in [0.25, 0.3) is 0 Å². The Kier molecular flexibility index (Phi) is 6.21. The van der Waals surface area contributed by atoms with Crippen LogP contribution in [0.4, 0.5) is 0 Å². The Labute approximate surface area is 217 Å². The third-order valence-electron chi connectivity index (χ3n) is 9.77. The highest BCUT2D eigenvalue weighted by Gasteiger charge is 2.66. The van der Waals surface area contributed by atoms with Gasteiger partial charge >= 0.3 is 11.9 Å². The molecule has 0 bridgehead atoms. The van der Waals surface area contributed by atoms with Crippen LogP contribution in [0, 0.1) is 35.0 Å². The molecule has 7 nitrogen and oxygen atoms in total. The summed E-state index contributed by atoms with van der Waals surface area (Å²) < 4.78 is 11.6. The van der Waals surface area contributed by atoms with Crippen molar-refractivity contribution in [3.8, 4) is 0 Å². The number of esters is 2. The first-order valence-corrected chi connectivity index (χ1v) is 13.3. The number of aliphatic hydroxyl groups is 1. The number of allylic oxidation sites excluding steroid dienone is 4. The number of hydrogen-bond acceptors (Lipinski definition) is 7. The van der Waals surface area contributed by atoms with Crippen molar-refractivity contribution in [2.45, 2.75) is 77.6 Å². The van der Waals surface area contributed by atoms with Gasteiger partial charge in [0, 0.05) is 23.0 Å². The molecule has 37 heavy (non-hydrogen) atoms. The molecule has 1 saturated carbocycles. The van der Waals surface area contributed by atoms with E-state index >= 15 is 0 Å². The fraction of sp³-hybridized carbons (Fsp3) is 0.600. The quantitative estimate of drug-likeness (QED) is 0.456. The topological polar surface area (TPSA) is 107 Å². The van der Waals surface area contributed by atoms with Crippen LogP contribution in [0.3, 0.4) is 0 Å². The van der Waals surface area contributed by atoms with Crippen LogP contribution in [0.15, 0.2) is 47.6 Å². The standard InChI is InChI=1S/C30H36O7/c1-15-10-26-23(9-8-20(15)7-6-17(3)31)29(28(34)37-26)13-21-12-22-18(4)27(33)36-25(22)11-16(2)30(21,35)14-24(29)19(5)32/h6-8,14-16,21-23,25-26,35H,4,9-13H2,1-3,5H3/b7-6+/t15-,16-,21-,22+,23-,25+,26+,29-,30-/m0/s1. The highest BCUT2D eigenvalue weighted by Crippen LogP contribution is 2.61. The number of fused-ring (bicyclic) bond motifs is 4. The molecule has 0 amide bonds. The molecule has 0 radical (unpaired) electrons. The Balaban J connectivity index is 1.59. The van der Waals surface area contributed by atoms with Crippen LogP contribution in [0.25, 0.3) is 0 Å². The summed E-state index contributed by atoms with van der Waals surface area (Å²) in [5, 5.41) is 12.0. The Bertz CT molecular complexity index is 1170. The molecule has 7 heteroatoms. The summed E-state index contributed by atoms with van der Waals surface area (Å²) in [6, 6.07) is 0. The average molecular weight is 509 g/mol. The lowest BCUT2D eigenvalue weighted by atomic mass is 9.54. The minimum atomic E-state index is -1.31. The van der Waals surface area contributed by atoms with E-state index in [-0.39, 0.29) is 59.8 Å². The van der Waals surface area contributed by atoms with E-state index in [0.717, 1.165) is 5.57 Å². The van der Waals surface area contributed by atoms with Crippen molar-refractivity contribution in [1.82, 2.24) is 0 Å². The molecule has 2 aliphatic heterocycles. The number of ether oxygens (including phenoxy) is 2. The van der Waals surface area contributed by atoms with E-state index in [1.165, 1.54) is 13.8 Å². The highest BCUT2D eigenvalue weighted by atomic mass is 16.6. The van der Waals surface area contributed by atoms with Gasteiger partial charge in [0.15, 0.2) is 11.6 Å². The number of carbonyl (C=O) groups is 4. The van der Waals surface area contributed by atoms with Crippen LogP contribution >= 0.6 is 0 Å². The Morgan fingerprint density at radius 3 is 2.51 bits per heavy atom. The molecular weight excluding hydrogens is 472 g/mol. The molecular formula is C30H36O7. The number of ketones is 2. The Morgan fingerprint density at radius 1 is 1.11 bits per heavy atom. The number of hydrogen-bond donors (Lipinski definition) is 1. The largest absolute Gasteiger partial charge is 0.461 e. The first kappa shape index (κ1) is 25.8. The van der Waals surface area contributed by atoms with Crippen molar-refractivity contribution in [1.29, 1.82) is 0 Å². The maximum Gasteiger partial charge on any atom is 0.334 e. The summed E-state index contributed by atoms with van der Waals surface area (Å²) in [4.78, 5) is 50.7. The summed E-state index contributed by atoms with van der Waals surface area (Å²) in [7, 11) is 0. The molecule has 3 fully saturated rings. The van der Waals surface area contributed by atoms with E-state index in [0.29, 0.717) is 36.8 Å². The van der Waals surface area contributed by atoms with Crippen molar-refractivity contribution >= 4 is 23.5 Å². The Hall–Kier alpha value is -2.80. The van der Waals surface area contributed by atoms with Crippen LogP contribution in [0.1, 0.15) is 59.8 Å². The van der Waals surface area contributed by atoms with Crippen LogP contribution in [0.5, 0.6) is 0 Å². The molecule has 9 atom stereocenters. The SMILES string of the molecule is C=C1C(=O)O[C@@H]2C[C@H](C)[C@@]3(O)C=C(C(C)=O)[C@@]4(C[C@@H]3C[C@H]12)C(=O)O[C@@H]1C[C@H](C)C(/C=C/C(C)=O)=CC[C@@H]14. The first-order chi connectivity index (χ1) is 17.4. The number of carbonyl (C=O) groups excluding carboxylic acids is 4. The summed E-state index contributed by atoms with van der Waals surface area (Å²) in [5.74, 6) is -2.17. The molecule has 5 aliphatic rings. The zero-order chi connectivity index (χ0) is 26.9.